The minimum Gasteiger partial charge on any atom is -0.322 e. The van der Waals surface area contributed by atoms with Crippen LogP contribution in [-0.2, 0) is 0 Å². The highest BCUT2D eigenvalue weighted by atomic mass is 35.5. The fourth-order valence-electron chi connectivity index (χ4n) is 2.46. The third kappa shape index (κ3) is 2.76. The molecule has 0 aliphatic carbocycles. The summed E-state index contributed by atoms with van der Waals surface area (Å²) in [6, 6.07) is 3.84. The van der Waals surface area contributed by atoms with Crippen LogP contribution in [0.2, 0.25) is 5.02 Å². The Morgan fingerprint density at radius 3 is 2.25 bits per heavy atom. The molecule has 1 aromatic heterocycles. The van der Waals surface area contributed by atoms with E-state index in [0.717, 1.165) is 28.8 Å². The number of aromatic nitrogens is 2. The summed E-state index contributed by atoms with van der Waals surface area (Å²) >= 11 is 5.95. The van der Waals surface area contributed by atoms with E-state index < -0.39 is 29.1 Å². The van der Waals surface area contributed by atoms with E-state index in [-0.39, 0.29) is 27.4 Å². The largest absolute Gasteiger partial charge is 0.322 e. The van der Waals surface area contributed by atoms with Gasteiger partial charge < -0.3 is 5.73 Å². The second kappa shape index (κ2) is 5.92. The molecule has 4 nitrogen and oxygen atoms in total. The Hall–Kier alpha value is -2.38. The first-order valence-electron chi connectivity index (χ1n) is 6.91. The van der Waals surface area contributed by atoms with Crippen molar-refractivity contribution in [2.45, 2.75) is 13.0 Å². The zero-order valence-electron chi connectivity index (χ0n) is 12.4. The van der Waals surface area contributed by atoms with Gasteiger partial charge in [0.15, 0.2) is 0 Å². The maximum absolute atomic E-state index is 13.6. The van der Waals surface area contributed by atoms with Crippen LogP contribution in [0.1, 0.15) is 18.8 Å². The van der Waals surface area contributed by atoms with Crippen molar-refractivity contribution in [2.75, 3.05) is 0 Å². The number of fused-ring (bicyclic) bond motifs is 1. The minimum absolute atomic E-state index is 0.0472. The van der Waals surface area contributed by atoms with Crippen molar-refractivity contribution in [3.8, 4) is 5.69 Å². The Morgan fingerprint density at radius 2 is 1.67 bits per heavy atom. The van der Waals surface area contributed by atoms with Crippen LogP contribution in [0.25, 0.3) is 16.6 Å². The van der Waals surface area contributed by atoms with Gasteiger partial charge in [0.25, 0.3) is 5.56 Å². The molecule has 3 rings (SSSR count). The zero-order valence-corrected chi connectivity index (χ0v) is 13.1. The minimum atomic E-state index is -0.870. The molecule has 8 heteroatoms. The third-order valence-corrected chi connectivity index (χ3v) is 3.72. The predicted molar refractivity (Wildman–Crippen MR) is 84.8 cm³/mol. The first kappa shape index (κ1) is 16.5. The standard InChI is InChI=1S/C16H11ClF3N3O/c1-7(21)15-22-14-12(5-10(20)6-13(14)17)16(24)23(15)11-3-8(18)2-9(19)4-11/h2-7H,21H2,1H3/t7-/m0/s1. The Bertz CT molecular complexity index is 997. The lowest BCUT2D eigenvalue weighted by atomic mass is 10.2. The lowest BCUT2D eigenvalue weighted by Crippen LogP contribution is -2.27. The fraction of sp³-hybridized carbons (Fsp3) is 0.125. The summed E-state index contributed by atoms with van der Waals surface area (Å²) < 4.78 is 41.6. The molecule has 2 aromatic carbocycles. The second-order valence-corrected chi connectivity index (χ2v) is 5.72. The molecule has 124 valence electrons. The van der Waals surface area contributed by atoms with E-state index in [9.17, 15) is 18.0 Å². The molecule has 0 aliphatic rings. The predicted octanol–water partition coefficient (Wildman–Crippen LogP) is 3.48. The molecule has 0 radical (unpaired) electrons. The Morgan fingerprint density at radius 1 is 1.08 bits per heavy atom. The van der Waals surface area contributed by atoms with Gasteiger partial charge in [-0.15, -0.1) is 0 Å². The Balaban J connectivity index is 2.48. The van der Waals surface area contributed by atoms with Gasteiger partial charge in [0.1, 0.15) is 23.3 Å². The average molecular weight is 354 g/mol. The molecule has 0 spiro atoms. The highest BCUT2D eigenvalue weighted by Gasteiger charge is 2.19. The van der Waals surface area contributed by atoms with Crippen LogP contribution < -0.4 is 11.3 Å². The normalized spacial score (nSPS) is 12.6. The summed E-state index contributed by atoms with van der Waals surface area (Å²) in [6.07, 6.45) is 0. The van der Waals surface area contributed by atoms with Crippen molar-refractivity contribution < 1.29 is 13.2 Å². The molecule has 0 amide bonds. The quantitative estimate of drug-likeness (QED) is 0.767. The van der Waals surface area contributed by atoms with E-state index in [1.807, 2.05) is 0 Å². The molecule has 0 aliphatic heterocycles. The summed E-state index contributed by atoms with van der Waals surface area (Å²) in [5.41, 5.74) is 5.09. The fourth-order valence-corrected chi connectivity index (χ4v) is 2.70. The van der Waals surface area contributed by atoms with Crippen LogP contribution >= 0.6 is 11.6 Å². The van der Waals surface area contributed by atoms with Crippen molar-refractivity contribution in [2.24, 2.45) is 5.73 Å². The van der Waals surface area contributed by atoms with Crippen LogP contribution in [0.5, 0.6) is 0 Å². The van der Waals surface area contributed by atoms with Gasteiger partial charge in [-0.25, -0.2) is 18.2 Å². The Kier molecular flexibility index (Phi) is 4.06. The van der Waals surface area contributed by atoms with Gasteiger partial charge in [-0.05, 0) is 31.2 Å². The number of rotatable bonds is 2. The van der Waals surface area contributed by atoms with Crippen LogP contribution in [0.15, 0.2) is 35.1 Å². The number of hydrogen-bond donors (Lipinski definition) is 1. The van der Waals surface area contributed by atoms with E-state index in [1.54, 1.807) is 6.92 Å². The first-order chi connectivity index (χ1) is 11.3. The summed E-state index contributed by atoms with van der Waals surface area (Å²) in [6.45, 7) is 1.55. The molecule has 0 fully saturated rings. The monoisotopic (exact) mass is 353 g/mol. The molecule has 1 atom stereocenters. The van der Waals surface area contributed by atoms with Crippen molar-refractivity contribution in [1.29, 1.82) is 0 Å². The SMILES string of the molecule is C[C@H](N)c1nc2c(Cl)cc(F)cc2c(=O)n1-c1cc(F)cc(F)c1. The van der Waals surface area contributed by atoms with E-state index in [4.69, 9.17) is 17.3 Å². The number of benzene rings is 2. The summed E-state index contributed by atoms with van der Waals surface area (Å²) in [7, 11) is 0. The maximum atomic E-state index is 13.6. The average Bonchev–Trinajstić information content (AvgIpc) is 2.46. The summed E-state index contributed by atoms with van der Waals surface area (Å²) in [4.78, 5) is 17.0. The number of hydrogen-bond acceptors (Lipinski definition) is 3. The molecule has 0 unspecified atom stereocenters. The third-order valence-electron chi connectivity index (χ3n) is 3.43. The van der Waals surface area contributed by atoms with Gasteiger partial charge in [0.05, 0.1) is 27.7 Å². The number of nitrogens with zero attached hydrogens (tertiary/aromatic N) is 2. The van der Waals surface area contributed by atoms with E-state index in [2.05, 4.69) is 4.98 Å². The molecule has 0 saturated carbocycles. The van der Waals surface area contributed by atoms with Crippen LogP contribution in [0.3, 0.4) is 0 Å². The van der Waals surface area contributed by atoms with Gasteiger partial charge in [0, 0.05) is 6.07 Å². The number of nitrogens with two attached hydrogens (primary N) is 1. The van der Waals surface area contributed by atoms with Crippen LogP contribution in [-0.4, -0.2) is 9.55 Å². The molecule has 24 heavy (non-hydrogen) atoms. The van der Waals surface area contributed by atoms with Crippen LogP contribution in [0.4, 0.5) is 13.2 Å². The van der Waals surface area contributed by atoms with Crippen molar-refractivity contribution >= 4 is 22.5 Å². The molecule has 1 heterocycles. The van der Waals surface area contributed by atoms with E-state index >= 15 is 0 Å². The van der Waals surface area contributed by atoms with E-state index in [0.29, 0.717) is 6.07 Å². The maximum Gasteiger partial charge on any atom is 0.266 e. The molecular formula is C16H11ClF3N3O. The molecule has 0 bridgehead atoms. The van der Waals surface area contributed by atoms with Crippen molar-refractivity contribution in [3.63, 3.8) is 0 Å². The van der Waals surface area contributed by atoms with Gasteiger partial charge in [-0.3, -0.25) is 9.36 Å². The second-order valence-electron chi connectivity index (χ2n) is 5.31. The first-order valence-corrected chi connectivity index (χ1v) is 7.29. The van der Waals surface area contributed by atoms with Crippen molar-refractivity contribution in [3.05, 3.63) is 69.0 Å². The highest BCUT2D eigenvalue weighted by molar-refractivity contribution is 6.35. The molecule has 2 N–H and O–H groups in total. The van der Waals surface area contributed by atoms with Gasteiger partial charge >= 0.3 is 0 Å². The lowest BCUT2D eigenvalue weighted by Gasteiger charge is -2.16. The topological polar surface area (TPSA) is 60.9 Å². The Labute approximate surface area is 139 Å². The highest BCUT2D eigenvalue weighted by Crippen LogP contribution is 2.24. The van der Waals surface area contributed by atoms with Crippen LogP contribution in [0, 0.1) is 17.5 Å². The van der Waals surface area contributed by atoms with Gasteiger partial charge in [-0.2, -0.15) is 0 Å². The molecule has 0 saturated heterocycles. The number of halogens is 4. The van der Waals surface area contributed by atoms with E-state index in [1.165, 1.54) is 0 Å². The molecular weight excluding hydrogens is 343 g/mol. The zero-order chi connectivity index (χ0) is 17.6. The summed E-state index contributed by atoms with van der Waals surface area (Å²) in [5, 5.41) is -0.171. The van der Waals surface area contributed by atoms with Gasteiger partial charge in [-0.1, -0.05) is 11.6 Å². The van der Waals surface area contributed by atoms with Crippen molar-refractivity contribution in [1.82, 2.24) is 9.55 Å². The summed E-state index contributed by atoms with van der Waals surface area (Å²) in [5.74, 6) is -2.42. The smallest absolute Gasteiger partial charge is 0.266 e. The van der Waals surface area contributed by atoms with Gasteiger partial charge in [0.2, 0.25) is 0 Å². The lowest BCUT2D eigenvalue weighted by molar-refractivity contribution is 0.579. The molecule has 3 aromatic rings.